The van der Waals surface area contributed by atoms with Crippen LogP contribution in [0.2, 0.25) is 0 Å². The molecule has 1 atom stereocenters. The molecule has 4 aromatic rings. The zero-order valence-corrected chi connectivity index (χ0v) is 21.8. The van der Waals surface area contributed by atoms with Gasteiger partial charge in [-0.05, 0) is 65.5 Å². The lowest BCUT2D eigenvalue weighted by Gasteiger charge is -2.38. The summed E-state index contributed by atoms with van der Waals surface area (Å²) in [6, 6.07) is 28.7. The molecule has 0 bridgehead atoms. The zero-order chi connectivity index (χ0) is 26.5. The first-order valence-electron chi connectivity index (χ1n) is 13.0. The lowest BCUT2D eigenvalue weighted by molar-refractivity contribution is -0.143. The van der Waals surface area contributed by atoms with Gasteiger partial charge in [-0.15, -0.1) is 0 Å². The monoisotopic (exact) mass is 511 g/mol. The highest BCUT2D eigenvalue weighted by molar-refractivity contribution is 5.86. The average Bonchev–Trinajstić information content (AvgIpc) is 2.97. The van der Waals surface area contributed by atoms with E-state index in [-0.39, 0.29) is 12.0 Å². The minimum atomic E-state index is -0.713. The molecule has 38 heavy (non-hydrogen) atoms. The number of benzene rings is 4. The van der Waals surface area contributed by atoms with E-state index in [1.807, 2.05) is 48.5 Å². The number of likely N-dealkylation sites (tertiary alicyclic amines) is 1. The van der Waals surface area contributed by atoms with Crippen LogP contribution in [0.15, 0.2) is 84.9 Å². The molecular weight excluding hydrogens is 478 g/mol. The van der Waals surface area contributed by atoms with Crippen molar-refractivity contribution in [3.05, 3.63) is 102 Å². The van der Waals surface area contributed by atoms with E-state index in [0.717, 1.165) is 16.5 Å². The molecule has 1 N–H and O–H groups in total. The second-order valence-electron chi connectivity index (χ2n) is 9.65. The number of methoxy groups -OCH3 is 2. The third-order valence-electron chi connectivity index (χ3n) is 7.39. The highest BCUT2D eigenvalue weighted by Crippen LogP contribution is 2.44. The smallest absolute Gasteiger partial charge is 0.306 e. The van der Waals surface area contributed by atoms with E-state index in [4.69, 9.17) is 14.2 Å². The van der Waals surface area contributed by atoms with Crippen molar-refractivity contribution < 1.29 is 24.1 Å². The number of carboxylic acids is 1. The summed E-state index contributed by atoms with van der Waals surface area (Å²) in [4.78, 5) is 14.0. The van der Waals surface area contributed by atoms with Gasteiger partial charge in [0.2, 0.25) is 5.75 Å². The van der Waals surface area contributed by atoms with E-state index in [9.17, 15) is 9.90 Å². The number of carbonyl (C=O) groups is 1. The summed E-state index contributed by atoms with van der Waals surface area (Å²) < 4.78 is 17.9. The van der Waals surface area contributed by atoms with Crippen molar-refractivity contribution in [3.8, 4) is 17.2 Å². The Bertz CT molecular complexity index is 1370. The minimum absolute atomic E-state index is 0.109. The molecule has 0 saturated carbocycles. The fraction of sp³-hybridized carbons (Fsp3) is 0.281. The Kier molecular flexibility index (Phi) is 7.80. The maximum absolute atomic E-state index is 11.6. The van der Waals surface area contributed by atoms with Crippen LogP contribution in [0.25, 0.3) is 10.8 Å². The maximum atomic E-state index is 11.6. The van der Waals surface area contributed by atoms with Gasteiger partial charge in [-0.3, -0.25) is 9.69 Å². The molecule has 1 heterocycles. The lowest BCUT2D eigenvalue weighted by atomic mass is 9.89. The van der Waals surface area contributed by atoms with Gasteiger partial charge in [-0.1, -0.05) is 72.8 Å². The number of ether oxygens (including phenoxy) is 3. The summed E-state index contributed by atoms with van der Waals surface area (Å²) in [6.45, 7) is 1.76. The molecule has 0 radical (unpaired) electrons. The van der Waals surface area contributed by atoms with Crippen LogP contribution in [0.4, 0.5) is 0 Å². The summed E-state index contributed by atoms with van der Waals surface area (Å²) in [5, 5.41) is 11.9. The van der Waals surface area contributed by atoms with Crippen molar-refractivity contribution in [1.82, 2.24) is 4.90 Å². The third-order valence-corrected chi connectivity index (χ3v) is 7.39. The van der Waals surface area contributed by atoms with E-state index < -0.39 is 5.97 Å². The molecule has 0 amide bonds. The van der Waals surface area contributed by atoms with Crippen molar-refractivity contribution in [2.24, 2.45) is 5.92 Å². The molecule has 4 aromatic carbocycles. The Balaban J connectivity index is 1.57. The maximum Gasteiger partial charge on any atom is 0.306 e. The molecule has 0 aliphatic carbocycles. The van der Waals surface area contributed by atoms with Crippen molar-refractivity contribution >= 4 is 16.7 Å². The molecule has 1 saturated heterocycles. The number of hydrogen-bond acceptors (Lipinski definition) is 5. The van der Waals surface area contributed by atoms with Gasteiger partial charge in [0.05, 0.1) is 26.2 Å². The largest absolute Gasteiger partial charge is 0.493 e. The predicted octanol–water partition coefficient (Wildman–Crippen LogP) is 6.32. The van der Waals surface area contributed by atoms with Crippen LogP contribution in [-0.4, -0.2) is 43.3 Å². The highest BCUT2D eigenvalue weighted by atomic mass is 16.5. The van der Waals surface area contributed by atoms with Gasteiger partial charge in [-0.25, -0.2) is 0 Å². The van der Waals surface area contributed by atoms with Gasteiger partial charge < -0.3 is 19.3 Å². The SMILES string of the molecule is COc1cc(C(c2cccc3ccccc23)N2CCC(C(=O)O)CC2)cc(OC)c1OCc1ccccc1. The van der Waals surface area contributed by atoms with E-state index in [1.54, 1.807) is 14.2 Å². The number of piperidine rings is 1. The molecule has 0 spiro atoms. The lowest BCUT2D eigenvalue weighted by Crippen LogP contribution is -2.39. The van der Waals surface area contributed by atoms with Crippen molar-refractivity contribution in [2.45, 2.75) is 25.5 Å². The Hall–Kier alpha value is -4.03. The molecule has 1 aliphatic heterocycles. The minimum Gasteiger partial charge on any atom is -0.493 e. The van der Waals surface area contributed by atoms with Gasteiger partial charge >= 0.3 is 5.97 Å². The Morgan fingerprint density at radius 2 is 1.53 bits per heavy atom. The normalized spacial score (nSPS) is 15.2. The molecule has 196 valence electrons. The van der Waals surface area contributed by atoms with Crippen LogP contribution in [0.1, 0.15) is 35.6 Å². The van der Waals surface area contributed by atoms with E-state index >= 15 is 0 Å². The first-order valence-corrected chi connectivity index (χ1v) is 13.0. The highest BCUT2D eigenvalue weighted by Gasteiger charge is 2.32. The summed E-state index contributed by atoms with van der Waals surface area (Å²) in [7, 11) is 3.28. The van der Waals surface area contributed by atoms with Crippen LogP contribution in [0.3, 0.4) is 0 Å². The van der Waals surface area contributed by atoms with Crippen molar-refractivity contribution in [1.29, 1.82) is 0 Å². The van der Waals surface area contributed by atoms with Crippen LogP contribution in [0, 0.1) is 5.92 Å². The first-order chi connectivity index (χ1) is 18.6. The molecule has 1 fully saturated rings. The standard InChI is InChI=1S/C32H33NO5/c1-36-28-19-25(20-29(37-2)31(28)38-21-22-9-4-3-5-10-22)30(33-17-15-24(16-18-33)32(34)35)27-14-8-12-23-11-6-7-13-26(23)27/h3-14,19-20,24,30H,15-18,21H2,1-2H3,(H,34,35). The summed E-state index contributed by atoms with van der Waals surface area (Å²) in [5.74, 6) is 0.734. The summed E-state index contributed by atoms with van der Waals surface area (Å²) in [5.41, 5.74) is 3.23. The molecule has 5 rings (SSSR count). The second kappa shape index (κ2) is 11.6. The Labute approximate surface area is 223 Å². The van der Waals surface area contributed by atoms with Crippen LogP contribution in [-0.2, 0) is 11.4 Å². The fourth-order valence-corrected chi connectivity index (χ4v) is 5.41. The van der Waals surface area contributed by atoms with Crippen LogP contribution >= 0.6 is 0 Å². The molecule has 0 aromatic heterocycles. The molecule has 6 nitrogen and oxygen atoms in total. The quantitative estimate of drug-likeness (QED) is 0.284. The number of carboxylic acid groups (broad SMARTS) is 1. The topological polar surface area (TPSA) is 68.2 Å². The van der Waals surface area contributed by atoms with Crippen LogP contribution in [0.5, 0.6) is 17.2 Å². The molecular formula is C32H33NO5. The first kappa shape index (κ1) is 25.6. The van der Waals surface area contributed by atoms with Crippen molar-refractivity contribution in [3.63, 3.8) is 0 Å². The molecule has 1 aliphatic rings. The van der Waals surface area contributed by atoms with E-state index in [0.29, 0.717) is 49.8 Å². The Morgan fingerprint density at radius 1 is 0.895 bits per heavy atom. The van der Waals surface area contributed by atoms with Gasteiger partial charge in [0, 0.05) is 0 Å². The molecule has 6 heteroatoms. The van der Waals surface area contributed by atoms with Gasteiger partial charge in [0.1, 0.15) is 6.61 Å². The Morgan fingerprint density at radius 3 is 2.18 bits per heavy atom. The van der Waals surface area contributed by atoms with Crippen molar-refractivity contribution in [2.75, 3.05) is 27.3 Å². The number of rotatable bonds is 9. The number of fused-ring (bicyclic) bond motifs is 1. The number of aliphatic carboxylic acids is 1. The molecule has 1 unspecified atom stereocenters. The zero-order valence-electron chi connectivity index (χ0n) is 21.8. The van der Waals surface area contributed by atoms with E-state index in [1.165, 1.54) is 10.9 Å². The summed E-state index contributed by atoms with van der Waals surface area (Å²) in [6.07, 6.45) is 1.23. The van der Waals surface area contributed by atoms with Gasteiger partial charge in [0.25, 0.3) is 0 Å². The average molecular weight is 512 g/mol. The van der Waals surface area contributed by atoms with E-state index in [2.05, 4.69) is 41.3 Å². The van der Waals surface area contributed by atoms with Gasteiger partial charge in [0.15, 0.2) is 11.5 Å². The van der Waals surface area contributed by atoms with Crippen LogP contribution < -0.4 is 14.2 Å². The second-order valence-corrected chi connectivity index (χ2v) is 9.65. The fourth-order valence-electron chi connectivity index (χ4n) is 5.41. The number of nitrogens with zero attached hydrogens (tertiary/aromatic N) is 1. The number of hydrogen-bond donors (Lipinski definition) is 1. The van der Waals surface area contributed by atoms with Gasteiger partial charge in [-0.2, -0.15) is 0 Å². The third kappa shape index (κ3) is 5.31. The predicted molar refractivity (Wildman–Crippen MR) is 148 cm³/mol. The summed E-state index contributed by atoms with van der Waals surface area (Å²) >= 11 is 0.